The van der Waals surface area contributed by atoms with Crippen molar-refractivity contribution < 1.29 is 27.5 Å². The quantitative estimate of drug-likeness (QED) is 0.0687. The maximum atomic E-state index is 13.6. The van der Waals surface area contributed by atoms with Gasteiger partial charge in [-0.3, -0.25) is 9.79 Å². The Balaban J connectivity index is 0. The molecule has 0 bridgehead atoms. The molecule has 0 aliphatic carbocycles. The summed E-state index contributed by atoms with van der Waals surface area (Å²) >= 11 is 0. The van der Waals surface area contributed by atoms with Crippen LogP contribution in [0.3, 0.4) is 0 Å². The number of nitrogens with two attached hydrogens (primary N) is 1. The Morgan fingerprint density at radius 1 is 0.968 bits per heavy atom. The van der Waals surface area contributed by atoms with E-state index in [1.807, 2.05) is 45.2 Å². The van der Waals surface area contributed by atoms with Gasteiger partial charge >= 0.3 is 6.18 Å². The molecule has 0 aliphatic rings. The van der Waals surface area contributed by atoms with Crippen molar-refractivity contribution in [2.75, 3.05) is 6.61 Å². The second-order valence-corrected chi connectivity index (χ2v) is 18.4. The van der Waals surface area contributed by atoms with Crippen LogP contribution in [0.15, 0.2) is 76.9 Å². The topological polar surface area (TPSA) is 97.0 Å². The van der Waals surface area contributed by atoms with Crippen LogP contribution in [-0.2, 0) is 4.79 Å². The Hall–Kier alpha value is -4.08. The fraction of sp³-hybridized carbons (Fsp3) is 0.642. The lowest BCUT2D eigenvalue weighted by molar-refractivity contribution is -0.117. The van der Waals surface area contributed by atoms with Gasteiger partial charge < -0.3 is 25.5 Å². The van der Waals surface area contributed by atoms with Crippen LogP contribution in [0.4, 0.5) is 13.2 Å². The number of carbonyl (C=O) groups excluding carboxylic acids is 2. The van der Waals surface area contributed by atoms with Crippen molar-refractivity contribution in [3.63, 3.8) is 0 Å². The van der Waals surface area contributed by atoms with Crippen LogP contribution in [-0.4, -0.2) is 41.3 Å². The number of carbonyl (C=O) groups is 2. The number of ether oxygens (including phenoxy) is 1. The molecule has 0 saturated carbocycles. The predicted molar refractivity (Wildman–Crippen MR) is 265 cm³/mol. The van der Waals surface area contributed by atoms with Gasteiger partial charge in [-0.15, -0.1) is 0 Å². The third kappa shape index (κ3) is 23.4. The molecule has 0 fully saturated rings. The number of aliphatic imine (C=N–C) groups is 1. The lowest BCUT2D eigenvalue weighted by Gasteiger charge is -2.42. The summed E-state index contributed by atoms with van der Waals surface area (Å²) in [5, 5.41) is 2.59. The maximum absolute atomic E-state index is 13.6. The molecule has 1 amide bonds. The van der Waals surface area contributed by atoms with Crippen LogP contribution in [0, 0.1) is 29.1 Å². The Labute approximate surface area is 383 Å². The summed E-state index contributed by atoms with van der Waals surface area (Å²) in [6.07, 6.45) is 9.72. The molecule has 360 valence electrons. The number of amides is 1. The van der Waals surface area contributed by atoms with Gasteiger partial charge in [-0.1, -0.05) is 114 Å². The zero-order chi connectivity index (χ0) is 49.2. The molecule has 1 aromatic carbocycles. The van der Waals surface area contributed by atoms with E-state index in [0.717, 1.165) is 92.8 Å². The van der Waals surface area contributed by atoms with Gasteiger partial charge in [0.25, 0.3) is 5.91 Å². The van der Waals surface area contributed by atoms with Crippen molar-refractivity contribution in [2.24, 2.45) is 39.8 Å². The number of amidine groups is 1. The summed E-state index contributed by atoms with van der Waals surface area (Å²) in [5.41, 5.74) is 10.3. The molecular formula is C53H89F3N4O3. The number of allylic oxidation sites excluding steroid dienone is 5. The van der Waals surface area contributed by atoms with Crippen LogP contribution < -0.4 is 15.8 Å². The number of benzene rings is 1. The summed E-state index contributed by atoms with van der Waals surface area (Å²) < 4.78 is 46.5. The van der Waals surface area contributed by atoms with Crippen molar-refractivity contribution in [1.82, 2.24) is 10.2 Å². The van der Waals surface area contributed by atoms with Crippen molar-refractivity contribution >= 4 is 23.1 Å². The molecule has 0 aromatic heterocycles. The van der Waals surface area contributed by atoms with Gasteiger partial charge in [0, 0.05) is 46.5 Å². The summed E-state index contributed by atoms with van der Waals surface area (Å²) in [5.74, 6) is 1.85. The van der Waals surface area contributed by atoms with E-state index >= 15 is 0 Å². The molecule has 0 heterocycles. The molecule has 1 rings (SSSR count). The maximum Gasteiger partial charge on any atom is 0.412 e. The number of alkyl halides is 3. The van der Waals surface area contributed by atoms with Gasteiger partial charge in [-0.05, 0) is 128 Å². The molecule has 0 saturated heterocycles. The van der Waals surface area contributed by atoms with Crippen molar-refractivity contribution in [3.05, 3.63) is 83.0 Å². The summed E-state index contributed by atoms with van der Waals surface area (Å²) in [6.45, 7) is 41.2. The Morgan fingerprint density at radius 3 is 1.97 bits per heavy atom. The normalized spacial score (nSPS) is 14.9. The number of ketones is 1. The van der Waals surface area contributed by atoms with Crippen LogP contribution in [0.2, 0.25) is 0 Å². The van der Waals surface area contributed by atoms with Gasteiger partial charge in [0.05, 0.1) is 18.0 Å². The van der Waals surface area contributed by atoms with E-state index in [0.29, 0.717) is 29.9 Å². The van der Waals surface area contributed by atoms with E-state index in [9.17, 15) is 22.8 Å². The highest BCUT2D eigenvalue weighted by atomic mass is 19.4. The molecule has 0 spiro atoms. The zero-order valence-corrected chi connectivity index (χ0v) is 42.8. The second kappa shape index (κ2) is 30.9. The number of hydrogen-bond acceptors (Lipinski definition) is 6. The molecule has 63 heavy (non-hydrogen) atoms. The minimum Gasteiger partial charge on any atom is -0.493 e. The molecular weight excluding hydrogens is 798 g/mol. The average molecular weight is 887 g/mol. The molecule has 0 aliphatic heterocycles. The molecule has 3 atom stereocenters. The SMILES string of the molecule is C=C(N(/C=C\C)C(/C(N)=C/CC)=C(/c1ccc(C(=O)NC(/C=C(\C)C(F)(F)F)=NC(C)C)cc1OCC)C(C)CC)C(C)(CCC(C)CC)CC(C)C.CC(C)C.CCCC(C)=O. The number of nitrogens with one attached hydrogen (secondary N) is 1. The first-order valence-corrected chi connectivity index (χ1v) is 23.4. The molecule has 1 aromatic rings. The van der Waals surface area contributed by atoms with Gasteiger partial charge in [-0.2, -0.15) is 13.2 Å². The average Bonchev–Trinajstić information content (AvgIpc) is 3.17. The standard InChI is InChI=1S/C44H69F3N4O2.C5H10O.C4H10/c1-15-20-37(48)41(51(25-16-2)34(13)43(14,28-29(6)7)24-23-31(10)17-3)40(32(11)18-4)36-22-21-35(27-38(36)53-19-5)42(52)50-39(49-30(8)9)26-33(12)44(45,46)47;1-3-4-5(2)6;1-4(2)3/h16,20-22,25-27,29-32H,13,15,17-19,23-24,28,48H2,1-12,14H3,(H,49,50,52);3-4H2,1-2H3;4H,1-3H3/b25-16-,33-26+,37-20-,41-40+;;. The third-order valence-electron chi connectivity index (χ3n) is 10.2. The van der Waals surface area contributed by atoms with E-state index in [1.165, 1.54) is 0 Å². The minimum atomic E-state index is -4.55. The summed E-state index contributed by atoms with van der Waals surface area (Å²) in [7, 11) is 0. The fourth-order valence-corrected chi connectivity index (χ4v) is 6.72. The van der Waals surface area contributed by atoms with Crippen molar-refractivity contribution in [3.8, 4) is 5.75 Å². The van der Waals surface area contributed by atoms with Crippen molar-refractivity contribution in [2.45, 2.75) is 188 Å². The highest BCUT2D eigenvalue weighted by Crippen LogP contribution is 2.46. The van der Waals surface area contributed by atoms with E-state index in [2.05, 4.69) is 91.4 Å². The van der Waals surface area contributed by atoms with Gasteiger partial charge in [0.15, 0.2) is 0 Å². The molecule has 3 N–H and O–H groups in total. The largest absolute Gasteiger partial charge is 0.493 e. The summed E-state index contributed by atoms with van der Waals surface area (Å²) in [6, 6.07) is 4.82. The van der Waals surface area contributed by atoms with E-state index in [-0.39, 0.29) is 34.6 Å². The van der Waals surface area contributed by atoms with Crippen LogP contribution >= 0.6 is 0 Å². The molecule has 3 unspecified atom stereocenters. The van der Waals surface area contributed by atoms with Gasteiger partial charge in [-0.25, -0.2) is 0 Å². The van der Waals surface area contributed by atoms with E-state index < -0.39 is 17.7 Å². The molecule has 7 nitrogen and oxygen atoms in total. The monoisotopic (exact) mass is 887 g/mol. The van der Waals surface area contributed by atoms with Gasteiger partial charge in [0.2, 0.25) is 0 Å². The fourth-order valence-electron chi connectivity index (χ4n) is 6.72. The minimum absolute atomic E-state index is 0.00460. The highest BCUT2D eigenvalue weighted by Gasteiger charge is 2.35. The number of halogens is 3. The Morgan fingerprint density at radius 2 is 1.56 bits per heavy atom. The van der Waals surface area contributed by atoms with E-state index in [4.69, 9.17) is 17.0 Å². The zero-order valence-electron chi connectivity index (χ0n) is 42.8. The number of nitrogens with zero attached hydrogens (tertiary/aromatic N) is 2. The number of rotatable bonds is 22. The first-order chi connectivity index (χ1) is 29.2. The van der Waals surface area contributed by atoms with Crippen LogP contribution in [0.25, 0.3) is 5.57 Å². The first kappa shape index (κ1) is 61.0. The molecule has 10 heteroatoms. The van der Waals surface area contributed by atoms with Crippen LogP contribution in [0.5, 0.6) is 5.75 Å². The molecule has 0 radical (unpaired) electrons. The number of hydrogen-bond donors (Lipinski definition) is 2. The highest BCUT2D eigenvalue weighted by molar-refractivity contribution is 6.10. The lowest BCUT2D eigenvalue weighted by atomic mass is 9.73. The number of Topliss-reactive ketones (excluding diaryl/α,β-unsaturated/α-hetero) is 1. The Kier molecular flexibility index (Phi) is 29.9. The van der Waals surface area contributed by atoms with Gasteiger partial charge in [0.1, 0.15) is 17.4 Å². The Bertz CT molecular complexity index is 1700. The van der Waals surface area contributed by atoms with Crippen molar-refractivity contribution in [1.29, 1.82) is 0 Å². The lowest BCUT2D eigenvalue weighted by Crippen LogP contribution is -2.34. The predicted octanol–water partition coefficient (Wildman–Crippen LogP) is 15.4. The van der Waals surface area contributed by atoms with E-state index in [1.54, 1.807) is 32.9 Å². The second-order valence-electron chi connectivity index (χ2n) is 18.4. The third-order valence-corrected chi connectivity index (χ3v) is 10.2. The first-order valence-electron chi connectivity index (χ1n) is 23.4. The summed E-state index contributed by atoms with van der Waals surface area (Å²) in [4.78, 5) is 30.1. The smallest absolute Gasteiger partial charge is 0.412 e. The van der Waals surface area contributed by atoms with Crippen LogP contribution in [0.1, 0.15) is 192 Å².